The zero-order valence-corrected chi connectivity index (χ0v) is 14.5. The van der Waals surface area contributed by atoms with Crippen LogP contribution in [-0.2, 0) is 19.1 Å². The van der Waals surface area contributed by atoms with E-state index >= 15 is 0 Å². The molecule has 2 saturated heterocycles. The van der Waals surface area contributed by atoms with Crippen LogP contribution in [-0.4, -0.2) is 61.8 Å². The van der Waals surface area contributed by atoms with Gasteiger partial charge in [0, 0.05) is 39.1 Å². The molecule has 1 aliphatic carbocycles. The molecule has 0 radical (unpaired) electrons. The fraction of sp³-hybridized carbons (Fsp3) is 0.889. The number of nitrogens with zero attached hydrogens (tertiary/aromatic N) is 1. The molecule has 2 heterocycles. The maximum atomic E-state index is 12.3. The Morgan fingerprint density at radius 2 is 2.12 bits per heavy atom. The molecule has 3 rings (SSSR count). The highest BCUT2D eigenvalue weighted by Gasteiger charge is 2.30. The molecule has 6 heteroatoms. The Hall–Kier alpha value is -1.14. The van der Waals surface area contributed by atoms with E-state index in [1.807, 2.05) is 4.90 Å². The number of ether oxygens (including phenoxy) is 2. The summed E-state index contributed by atoms with van der Waals surface area (Å²) < 4.78 is 11.4. The zero-order valence-electron chi connectivity index (χ0n) is 14.5. The first kappa shape index (κ1) is 17.7. The number of hydrogen-bond acceptors (Lipinski definition) is 4. The maximum absolute atomic E-state index is 12.3. The molecule has 0 spiro atoms. The molecule has 0 unspecified atom stereocenters. The molecule has 3 fully saturated rings. The molecule has 0 bridgehead atoms. The molecule has 2 amide bonds. The van der Waals surface area contributed by atoms with Gasteiger partial charge in [0.1, 0.15) is 6.10 Å². The van der Waals surface area contributed by atoms with Gasteiger partial charge in [0.2, 0.25) is 11.8 Å². The van der Waals surface area contributed by atoms with Gasteiger partial charge in [-0.3, -0.25) is 9.59 Å². The molecule has 6 nitrogen and oxygen atoms in total. The molecule has 2 aliphatic heterocycles. The predicted molar refractivity (Wildman–Crippen MR) is 89.5 cm³/mol. The number of hydrogen-bond donors (Lipinski definition) is 1. The van der Waals surface area contributed by atoms with E-state index in [4.69, 9.17) is 9.47 Å². The van der Waals surface area contributed by atoms with Gasteiger partial charge >= 0.3 is 0 Å². The summed E-state index contributed by atoms with van der Waals surface area (Å²) in [5.74, 6) is 0.910. The molecule has 1 saturated carbocycles. The first-order valence-electron chi connectivity index (χ1n) is 9.49. The second-order valence-corrected chi connectivity index (χ2v) is 7.29. The van der Waals surface area contributed by atoms with E-state index in [2.05, 4.69) is 5.32 Å². The Bertz CT molecular complexity index is 439. The number of carbonyl (C=O) groups is 2. The fourth-order valence-electron chi connectivity index (χ4n) is 3.38. The van der Waals surface area contributed by atoms with Crippen LogP contribution in [0.1, 0.15) is 51.4 Å². The number of nitrogens with one attached hydrogen (secondary N) is 1. The van der Waals surface area contributed by atoms with Gasteiger partial charge in [0.25, 0.3) is 0 Å². The van der Waals surface area contributed by atoms with E-state index in [1.165, 1.54) is 12.8 Å². The highest BCUT2D eigenvalue weighted by Crippen LogP contribution is 2.29. The molecule has 0 aromatic carbocycles. The van der Waals surface area contributed by atoms with Gasteiger partial charge in [-0.25, -0.2) is 0 Å². The average molecular weight is 338 g/mol. The third-order valence-electron chi connectivity index (χ3n) is 5.17. The Kier molecular flexibility index (Phi) is 6.49. The Labute approximate surface area is 144 Å². The SMILES string of the molecule is O=C(CCN1CCCCCC1=O)N[C@@H]1CCOC[C@H]1OCC1CC1. The molecule has 0 aromatic rings. The van der Waals surface area contributed by atoms with Crippen LogP contribution in [0.5, 0.6) is 0 Å². The summed E-state index contributed by atoms with van der Waals surface area (Å²) >= 11 is 0. The smallest absolute Gasteiger partial charge is 0.222 e. The van der Waals surface area contributed by atoms with Crippen molar-refractivity contribution in [1.29, 1.82) is 0 Å². The summed E-state index contributed by atoms with van der Waals surface area (Å²) in [6.45, 7) is 3.32. The number of likely N-dealkylation sites (tertiary alicyclic amines) is 1. The van der Waals surface area contributed by atoms with Crippen molar-refractivity contribution in [3.8, 4) is 0 Å². The first-order chi connectivity index (χ1) is 11.7. The highest BCUT2D eigenvalue weighted by atomic mass is 16.5. The molecular formula is C18H30N2O4. The summed E-state index contributed by atoms with van der Waals surface area (Å²) in [7, 11) is 0. The monoisotopic (exact) mass is 338 g/mol. The number of rotatable bonds is 7. The molecule has 24 heavy (non-hydrogen) atoms. The van der Waals surface area contributed by atoms with Gasteiger partial charge in [-0.15, -0.1) is 0 Å². The van der Waals surface area contributed by atoms with Crippen LogP contribution in [0.2, 0.25) is 0 Å². The van der Waals surface area contributed by atoms with E-state index in [1.54, 1.807) is 0 Å². The fourth-order valence-corrected chi connectivity index (χ4v) is 3.38. The Morgan fingerprint density at radius 1 is 1.25 bits per heavy atom. The first-order valence-corrected chi connectivity index (χ1v) is 9.49. The second-order valence-electron chi connectivity index (χ2n) is 7.29. The van der Waals surface area contributed by atoms with Crippen LogP contribution < -0.4 is 5.32 Å². The molecule has 2 atom stereocenters. The summed E-state index contributed by atoms with van der Waals surface area (Å²) in [6.07, 6.45) is 7.40. The Balaban J connectivity index is 1.41. The van der Waals surface area contributed by atoms with Crippen molar-refractivity contribution in [3.63, 3.8) is 0 Å². The number of carbonyl (C=O) groups excluding carboxylic acids is 2. The van der Waals surface area contributed by atoms with Crippen molar-refractivity contribution < 1.29 is 19.1 Å². The van der Waals surface area contributed by atoms with Crippen molar-refractivity contribution in [1.82, 2.24) is 10.2 Å². The van der Waals surface area contributed by atoms with E-state index in [0.29, 0.717) is 38.5 Å². The minimum absolute atomic E-state index is 0.0129. The lowest BCUT2D eigenvalue weighted by atomic mass is 10.1. The molecule has 3 aliphatic rings. The standard InChI is InChI=1S/C18H30N2O4/c21-17(7-10-20-9-3-1-2-4-18(20)22)19-15-8-11-23-13-16(15)24-12-14-5-6-14/h14-16H,1-13H2,(H,19,21)/t15-,16-/m1/s1. The largest absolute Gasteiger partial charge is 0.379 e. The number of amides is 2. The van der Waals surface area contributed by atoms with E-state index in [0.717, 1.165) is 38.8 Å². The topological polar surface area (TPSA) is 67.9 Å². The summed E-state index contributed by atoms with van der Waals surface area (Å²) in [6, 6.07) is 0.0323. The minimum Gasteiger partial charge on any atom is -0.379 e. The summed E-state index contributed by atoms with van der Waals surface area (Å²) in [5, 5.41) is 3.10. The van der Waals surface area contributed by atoms with Crippen molar-refractivity contribution in [2.24, 2.45) is 5.92 Å². The van der Waals surface area contributed by atoms with Gasteiger partial charge in [-0.2, -0.15) is 0 Å². The van der Waals surface area contributed by atoms with Crippen molar-refractivity contribution >= 4 is 11.8 Å². The summed E-state index contributed by atoms with van der Waals surface area (Å²) in [5.41, 5.74) is 0. The quantitative estimate of drug-likeness (QED) is 0.763. The second kappa shape index (κ2) is 8.81. The van der Waals surface area contributed by atoms with Crippen LogP contribution in [0.15, 0.2) is 0 Å². The van der Waals surface area contributed by atoms with Crippen LogP contribution in [0.25, 0.3) is 0 Å². The van der Waals surface area contributed by atoms with E-state index in [-0.39, 0.29) is 24.0 Å². The van der Waals surface area contributed by atoms with Gasteiger partial charge in [0.05, 0.1) is 12.6 Å². The molecular weight excluding hydrogens is 308 g/mol. The van der Waals surface area contributed by atoms with E-state index in [9.17, 15) is 9.59 Å². The zero-order chi connectivity index (χ0) is 16.8. The minimum atomic E-state index is -0.0388. The molecule has 136 valence electrons. The lowest BCUT2D eigenvalue weighted by Crippen LogP contribution is -2.50. The van der Waals surface area contributed by atoms with Gasteiger partial charge < -0.3 is 19.7 Å². The summed E-state index contributed by atoms with van der Waals surface area (Å²) in [4.78, 5) is 26.1. The maximum Gasteiger partial charge on any atom is 0.222 e. The van der Waals surface area contributed by atoms with Crippen LogP contribution in [0.3, 0.4) is 0 Å². The third kappa shape index (κ3) is 5.45. The molecule has 0 aromatic heterocycles. The lowest BCUT2D eigenvalue weighted by molar-refractivity contribution is -0.132. The van der Waals surface area contributed by atoms with Crippen molar-refractivity contribution in [2.75, 3.05) is 32.9 Å². The highest BCUT2D eigenvalue weighted by molar-refractivity contribution is 5.79. The van der Waals surface area contributed by atoms with Crippen LogP contribution >= 0.6 is 0 Å². The normalized spacial score (nSPS) is 28.5. The van der Waals surface area contributed by atoms with Gasteiger partial charge in [-0.05, 0) is 38.0 Å². The van der Waals surface area contributed by atoms with Crippen LogP contribution in [0.4, 0.5) is 0 Å². The molecule has 1 N–H and O–H groups in total. The van der Waals surface area contributed by atoms with Crippen molar-refractivity contribution in [2.45, 2.75) is 63.5 Å². The van der Waals surface area contributed by atoms with E-state index < -0.39 is 0 Å². The van der Waals surface area contributed by atoms with Gasteiger partial charge in [-0.1, -0.05) is 6.42 Å². The average Bonchev–Trinajstić information content (AvgIpc) is 3.41. The van der Waals surface area contributed by atoms with Crippen LogP contribution in [0, 0.1) is 5.92 Å². The Morgan fingerprint density at radius 3 is 2.96 bits per heavy atom. The predicted octanol–water partition coefficient (Wildman–Crippen LogP) is 1.48. The third-order valence-corrected chi connectivity index (χ3v) is 5.17. The van der Waals surface area contributed by atoms with Crippen molar-refractivity contribution in [3.05, 3.63) is 0 Å². The van der Waals surface area contributed by atoms with Gasteiger partial charge in [0.15, 0.2) is 0 Å². The lowest BCUT2D eigenvalue weighted by Gasteiger charge is -2.32.